The average molecular weight is 559 g/mol. The maximum atomic E-state index is 15.0. The Morgan fingerprint density at radius 1 is 1.12 bits per heavy atom. The zero-order chi connectivity index (χ0) is 28.4. The van der Waals surface area contributed by atoms with Crippen LogP contribution in [-0.2, 0) is 6.54 Å². The lowest BCUT2D eigenvalue weighted by Crippen LogP contribution is -2.64. The Labute approximate surface area is 225 Å². The molecule has 5 N–H and O–H groups in total. The number of nitrogens with two attached hydrogens (primary N) is 2. The molecular weight excluding hydrogens is 532 g/mol. The number of hydrogen-bond donors (Lipinski definition) is 3. The van der Waals surface area contributed by atoms with Crippen LogP contribution in [-0.4, -0.2) is 66.9 Å². The van der Waals surface area contributed by atoms with Crippen molar-refractivity contribution in [3.8, 4) is 17.0 Å². The minimum Gasteiger partial charge on any atom is -0.494 e. The number of halogens is 4. The van der Waals surface area contributed by atoms with Crippen molar-refractivity contribution in [1.29, 1.82) is 0 Å². The standard InChI is InChI=1S/C26H26F4N8O2/c1-40-19-7-15(27)14(6-16(19)28)17-5-13(10-37-12-36-21-22(31)34-11-35-23(21)37)18(9-33-17)38-4-2-3-25(32)20(38)8-26(29,30)24(25)39/h5-7,9,11-12,20,24,39H,2-4,8,10,32H2,1H3,(H2,31,34,35)/t20?,24-,25-/m1/s1. The van der Waals surface area contributed by atoms with E-state index in [2.05, 4.69) is 19.9 Å². The van der Waals surface area contributed by atoms with Crippen molar-refractivity contribution in [1.82, 2.24) is 24.5 Å². The van der Waals surface area contributed by atoms with Crippen molar-refractivity contribution in [2.24, 2.45) is 5.73 Å². The number of nitrogens with zero attached hydrogens (tertiary/aromatic N) is 6. The monoisotopic (exact) mass is 558 g/mol. The number of benzene rings is 1. The first-order valence-corrected chi connectivity index (χ1v) is 12.6. The highest BCUT2D eigenvalue weighted by Gasteiger charge is 2.64. The van der Waals surface area contributed by atoms with Crippen molar-refractivity contribution in [2.75, 3.05) is 24.3 Å². The van der Waals surface area contributed by atoms with Crippen LogP contribution in [0, 0.1) is 11.6 Å². The summed E-state index contributed by atoms with van der Waals surface area (Å²) < 4.78 is 65.5. The largest absolute Gasteiger partial charge is 0.494 e. The van der Waals surface area contributed by atoms with Gasteiger partial charge in [0.25, 0.3) is 5.92 Å². The lowest BCUT2D eigenvalue weighted by molar-refractivity contribution is -0.104. The van der Waals surface area contributed by atoms with Gasteiger partial charge in [-0.2, -0.15) is 0 Å². The topological polar surface area (TPSA) is 141 Å². The number of piperidine rings is 1. The predicted octanol–water partition coefficient (Wildman–Crippen LogP) is 2.87. The normalized spacial score (nSPS) is 23.9. The number of hydrogen-bond acceptors (Lipinski definition) is 9. The van der Waals surface area contributed by atoms with Gasteiger partial charge in [-0.25, -0.2) is 32.5 Å². The molecule has 210 valence electrons. The third kappa shape index (κ3) is 4.01. The van der Waals surface area contributed by atoms with Crippen LogP contribution in [0.5, 0.6) is 5.75 Å². The summed E-state index contributed by atoms with van der Waals surface area (Å²) in [5.41, 5.74) is 12.6. The lowest BCUT2D eigenvalue weighted by Gasteiger charge is -2.46. The molecule has 0 spiro atoms. The molecule has 1 saturated carbocycles. The number of fused-ring (bicyclic) bond motifs is 2. The van der Waals surface area contributed by atoms with Crippen molar-refractivity contribution in [3.05, 3.63) is 54.2 Å². The van der Waals surface area contributed by atoms with Gasteiger partial charge >= 0.3 is 0 Å². The highest BCUT2D eigenvalue weighted by Crippen LogP contribution is 2.49. The molecule has 2 fully saturated rings. The van der Waals surface area contributed by atoms with Gasteiger partial charge < -0.3 is 30.8 Å². The zero-order valence-corrected chi connectivity index (χ0v) is 21.4. The zero-order valence-electron chi connectivity index (χ0n) is 21.4. The smallest absolute Gasteiger partial charge is 0.277 e. The van der Waals surface area contributed by atoms with E-state index in [0.29, 0.717) is 35.4 Å². The molecule has 40 heavy (non-hydrogen) atoms. The van der Waals surface area contributed by atoms with Gasteiger partial charge in [-0.1, -0.05) is 0 Å². The second-order valence-electron chi connectivity index (χ2n) is 10.3. The van der Waals surface area contributed by atoms with Crippen molar-refractivity contribution in [2.45, 2.75) is 49.4 Å². The van der Waals surface area contributed by atoms with Crippen LogP contribution < -0.4 is 21.1 Å². The molecule has 1 aliphatic heterocycles. The number of alkyl halides is 2. The number of aliphatic hydroxyl groups excluding tert-OH is 1. The number of aliphatic hydroxyl groups is 1. The molecule has 2 aliphatic rings. The first-order valence-electron chi connectivity index (χ1n) is 12.6. The van der Waals surface area contributed by atoms with Crippen molar-refractivity contribution < 1.29 is 27.4 Å². The molecular formula is C26H26F4N8O2. The molecule has 6 rings (SSSR count). The average Bonchev–Trinajstić information content (AvgIpc) is 3.42. The van der Waals surface area contributed by atoms with Crippen LogP contribution in [0.15, 0.2) is 37.1 Å². The molecule has 3 atom stereocenters. The molecule has 4 aromatic rings. The van der Waals surface area contributed by atoms with Gasteiger partial charge in [0.2, 0.25) is 0 Å². The number of anilines is 2. The van der Waals surface area contributed by atoms with Crippen LogP contribution in [0.2, 0.25) is 0 Å². The van der Waals surface area contributed by atoms with Gasteiger partial charge in [0.05, 0.1) is 49.1 Å². The van der Waals surface area contributed by atoms with E-state index in [1.54, 1.807) is 15.5 Å². The lowest BCUT2D eigenvalue weighted by atomic mass is 9.82. The third-order valence-corrected chi connectivity index (χ3v) is 7.94. The van der Waals surface area contributed by atoms with Crippen molar-refractivity contribution in [3.63, 3.8) is 0 Å². The first kappa shape index (κ1) is 26.2. The van der Waals surface area contributed by atoms with Gasteiger partial charge in [-0.05, 0) is 30.5 Å². The molecule has 0 bridgehead atoms. The molecule has 1 unspecified atom stereocenters. The molecule has 14 heteroatoms. The summed E-state index contributed by atoms with van der Waals surface area (Å²) in [5, 5.41) is 10.4. The molecule has 4 heterocycles. The second kappa shape index (κ2) is 9.27. The van der Waals surface area contributed by atoms with Gasteiger partial charge in [-0.15, -0.1) is 0 Å². The Hall–Kier alpha value is -4.04. The van der Waals surface area contributed by atoms with E-state index in [0.717, 1.165) is 12.1 Å². The fraction of sp³-hybridized carbons (Fsp3) is 0.385. The predicted molar refractivity (Wildman–Crippen MR) is 138 cm³/mol. The van der Waals surface area contributed by atoms with Crippen LogP contribution in [0.4, 0.5) is 29.1 Å². The van der Waals surface area contributed by atoms with Crippen LogP contribution in [0.1, 0.15) is 24.8 Å². The van der Waals surface area contributed by atoms with Crippen LogP contribution in [0.25, 0.3) is 22.4 Å². The number of ether oxygens (including phenoxy) is 1. The molecule has 3 aromatic heterocycles. The highest BCUT2D eigenvalue weighted by molar-refractivity contribution is 5.81. The van der Waals surface area contributed by atoms with E-state index < -0.39 is 41.7 Å². The number of imidazole rings is 1. The van der Waals surface area contributed by atoms with E-state index in [9.17, 15) is 18.3 Å². The third-order valence-electron chi connectivity index (χ3n) is 7.94. The van der Waals surface area contributed by atoms with Crippen LogP contribution >= 0.6 is 0 Å². The summed E-state index contributed by atoms with van der Waals surface area (Å²) >= 11 is 0. The number of rotatable bonds is 5. The Kier molecular flexibility index (Phi) is 6.07. The van der Waals surface area contributed by atoms with E-state index in [4.69, 9.17) is 16.2 Å². The highest BCUT2D eigenvalue weighted by atomic mass is 19.3. The molecule has 0 radical (unpaired) electrons. The Balaban J connectivity index is 1.49. The summed E-state index contributed by atoms with van der Waals surface area (Å²) in [6.07, 6.45) is 2.27. The van der Waals surface area contributed by atoms with E-state index in [1.807, 2.05) is 0 Å². The molecule has 10 nitrogen and oxygen atoms in total. The number of nitrogen functional groups attached to an aromatic ring is 1. The van der Waals surface area contributed by atoms with E-state index >= 15 is 4.39 Å². The summed E-state index contributed by atoms with van der Waals surface area (Å²) in [6, 6.07) is 2.59. The number of aromatic nitrogens is 5. The number of pyridine rings is 1. The van der Waals surface area contributed by atoms with E-state index in [1.165, 1.54) is 26.0 Å². The van der Waals surface area contributed by atoms with Gasteiger partial charge in [0.15, 0.2) is 23.0 Å². The Bertz CT molecular complexity index is 1620. The molecule has 1 aliphatic carbocycles. The maximum absolute atomic E-state index is 15.0. The van der Waals surface area contributed by atoms with Crippen LogP contribution in [0.3, 0.4) is 0 Å². The van der Waals surface area contributed by atoms with Gasteiger partial charge in [-0.3, -0.25) is 4.98 Å². The summed E-state index contributed by atoms with van der Waals surface area (Å²) in [7, 11) is 1.23. The SMILES string of the molecule is COc1cc(F)c(-c2cc(Cn3cnc4c(N)ncnc43)c(N3CCC[C@@]4(N)C3CC(F)(F)[C@@H]4O)cn2)cc1F. The van der Waals surface area contributed by atoms with Gasteiger partial charge in [0.1, 0.15) is 23.8 Å². The summed E-state index contributed by atoms with van der Waals surface area (Å²) in [4.78, 5) is 18.6. The van der Waals surface area contributed by atoms with E-state index in [-0.39, 0.29) is 35.8 Å². The molecule has 1 aromatic carbocycles. The maximum Gasteiger partial charge on any atom is 0.277 e. The minimum atomic E-state index is -3.37. The first-order chi connectivity index (χ1) is 19.0. The summed E-state index contributed by atoms with van der Waals surface area (Å²) in [5.74, 6) is -4.97. The fourth-order valence-corrected chi connectivity index (χ4v) is 5.94. The number of methoxy groups -OCH3 is 1. The Morgan fingerprint density at radius 3 is 2.70 bits per heavy atom. The van der Waals surface area contributed by atoms with Gasteiger partial charge in [0, 0.05) is 24.6 Å². The molecule has 1 saturated heterocycles. The summed E-state index contributed by atoms with van der Waals surface area (Å²) in [6.45, 7) is 0.490. The molecule has 0 amide bonds. The minimum absolute atomic E-state index is 0.109. The van der Waals surface area contributed by atoms with Crippen molar-refractivity contribution >= 4 is 22.7 Å². The second-order valence-corrected chi connectivity index (χ2v) is 10.3. The fourth-order valence-electron chi connectivity index (χ4n) is 5.94. The quantitative estimate of drug-likeness (QED) is 0.315. The Morgan fingerprint density at radius 2 is 1.93 bits per heavy atom.